The van der Waals surface area contributed by atoms with Crippen LogP contribution in [-0.2, 0) is 13.0 Å². The van der Waals surface area contributed by atoms with E-state index in [-0.39, 0.29) is 18.1 Å². The van der Waals surface area contributed by atoms with Gasteiger partial charge in [-0.15, -0.1) is 0 Å². The molecule has 0 saturated carbocycles. The summed E-state index contributed by atoms with van der Waals surface area (Å²) in [6, 6.07) is 7.55. The monoisotopic (exact) mass is 353 g/mol. The molecule has 136 valence electrons. The zero-order valence-corrected chi connectivity index (χ0v) is 15.2. The Labute approximate surface area is 151 Å². The second kappa shape index (κ2) is 6.48. The van der Waals surface area contributed by atoms with Crippen molar-refractivity contribution in [3.8, 4) is 0 Å². The van der Waals surface area contributed by atoms with Gasteiger partial charge in [0.2, 0.25) is 0 Å². The summed E-state index contributed by atoms with van der Waals surface area (Å²) >= 11 is 0. The molecule has 3 heterocycles. The van der Waals surface area contributed by atoms with Crippen LogP contribution in [0.3, 0.4) is 0 Å². The molecule has 7 nitrogen and oxygen atoms in total. The molecular weight excluding hydrogens is 330 g/mol. The molecular formula is C19H23N5O2. The molecule has 1 aliphatic heterocycles. The van der Waals surface area contributed by atoms with E-state index < -0.39 is 0 Å². The summed E-state index contributed by atoms with van der Waals surface area (Å²) in [4.78, 5) is 16.8. The molecule has 1 aromatic carbocycles. The molecule has 0 aliphatic carbocycles. The number of benzene rings is 1. The average molecular weight is 353 g/mol. The van der Waals surface area contributed by atoms with Gasteiger partial charge in [-0.2, -0.15) is 5.10 Å². The van der Waals surface area contributed by atoms with Crippen LogP contribution in [0.25, 0.3) is 11.0 Å². The summed E-state index contributed by atoms with van der Waals surface area (Å²) in [5.41, 5.74) is 1.91. The first-order valence-corrected chi connectivity index (χ1v) is 8.96. The molecule has 7 heteroatoms. The average Bonchev–Trinajstić information content (AvgIpc) is 3.14. The van der Waals surface area contributed by atoms with Crippen molar-refractivity contribution >= 4 is 17.0 Å². The van der Waals surface area contributed by atoms with Gasteiger partial charge in [0, 0.05) is 17.4 Å². The predicted octanol–water partition coefficient (Wildman–Crippen LogP) is 3.02. The third-order valence-corrected chi connectivity index (χ3v) is 4.92. The van der Waals surface area contributed by atoms with Crippen LogP contribution in [0.2, 0.25) is 0 Å². The number of amides is 2. The van der Waals surface area contributed by atoms with E-state index in [0.717, 1.165) is 46.8 Å². The summed E-state index contributed by atoms with van der Waals surface area (Å²) in [6.45, 7) is 6.50. The zero-order chi connectivity index (χ0) is 18.3. The highest BCUT2D eigenvalue weighted by molar-refractivity contribution is 5.82. The van der Waals surface area contributed by atoms with E-state index >= 15 is 0 Å². The number of carbonyl (C=O) groups excluding carboxylic acids is 1. The van der Waals surface area contributed by atoms with Gasteiger partial charge in [0.25, 0.3) is 0 Å². The molecule has 2 aromatic heterocycles. The minimum atomic E-state index is -0.213. The van der Waals surface area contributed by atoms with Crippen LogP contribution in [0.15, 0.2) is 28.7 Å². The number of aryl methyl sites for hydroxylation is 3. The van der Waals surface area contributed by atoms with Crippen molar-refractivity contribution in [2.24, 2.45) is 0 Å². The lowest BCUT2D eigenvalue weighted by Crippen LogP contribution is -2.46. The molecule has 1 unspecified atom stereocenters. The molecule has 4 rings (SSSR count). The molecule has 0 radical (unpaired) electrons. The number of aromatic nitrogens is 3. The van der Waals surface area contributed by atoms with E-state index in [1.165, 1.54) is 0 Å². The SMILES string of the molecule is Cc1nc2n(n1)CC(NC(=O)N[C@@H](C)c1oc3ccccc3c1C)CC2. The number of carbonyl (C=O) groups is 1. The lowest BCUT2D eigenvalue weighted by atomic mass is 10.1. The third-order valence-electron chi connectivity index (χ3n) is 4.92. The predicted molar refractivity (Wildman–Crippen MR) is 97.9 cm³/mol. The van der Waals surface area contributed by atoms with Crippen LogP contribution in [-0.4, -0.2) is 26.8 Å². The van der Waals surface area contributed by atoms with Gasteiger partial charge in [0.05, 0.1) is 18.6 Å². The fourth-order valence-corrected chi connectivity index (χ4v) is 3.65. The van der Waals surface area contributed by atoms with Crippen molar-refractivity contribution in [3.63, 3.8) is 0 Å². The highest BCUT2D eigenvalue weighted by Crippen LogP contribution is 2.29. The van der Waals surface area contributed by atoms with E-state index in [2.05, 4.69) is 20.7 Å². The molecule has 0 bridgehead atoms. The number of para-hydroxylation sites is 1. The number of fused-ring (bicyclic) bond motifs is 2. The van der Waals surface area contributed by atoms with Gasteiger partial charge < -0.3 is 15.1 Å². The Hall–Kier alpha value is -2.83. The third kappa shape index (κ3) is 3.05. The summed E-state index contributed by atoms with van der Waals surface area (Å²) in [5, 5.41) is 11.5. The zero-order valence-electron chi connectivity index (χ0n) is 15.2. The minimum absolute atomic E-state index is 0.0487. The minimum Gasteiger partial charge on any atom is -0.459 e. The van der Waals surface area contributed by atoms with Crippen LogP contribution in [0.4, 0.5) is 4.79 Å². The maximum atomic E-state index is 12.4. The lowest BCUT2D eigenvalue weighted by Gasteiger charge is -2.24. The first kappa shape index (κ1) is 16.6. The lowest BCUT2D eigenvalue weighted by molar-refractivity contribution is 0.227. The van der Waals surface area contributed by atoms with Crippen LogP contribution in [0.5, 0.6) is 0 Å². The van der Waals surface area contributed by atoms with Crippen LogP contribution in [0, 0.1) is 13.8 Å². The number of furan rings is 1. The highest BCUT2D eigenvalue weighted by Gasteiger charge is 2.24. The largest absolute Gasteiger partial charge is 0.459 e. The maximum Gasteiger partial charge on any atom is 0.315 e. The van der Waals surface area contributed by atoms with Crippen molar-refractivity contribution in [2.75, 3.05) is 0 Å². The number of nitrogens with zero attached hydrogens (tertiary/aromatic N) is 3. The number of rotatable bonds is 3. The van der Waals surface area contributed by atoms with E-state index in [1.807, 2.05) is 49.7 Å². The molecule has 26 heavy (non-hydrogen) atoms. The molecule has 2 N–H and O–H groups in total. The summed E-state index contributed by atoms with van der Waals surface area (Å²) in [6.07, 6.45) is 1.69. The Morgan fingerprint density at radius 2 is 2.15 bits per heavy atom. The number of nitrogens with one attached hydrogen (secondary N) is 2. The van der Waals surface area contributed by atoms with E-state index in [4.69, 9.17) is 4.42 Å². The van der Waals surface area contributed by atoms with Gasteiger partial charge in [-0.3, -0.25) is 0 Å². The Morgan fingerprint density at radius 1 is 1.35 bits per heavy atom. The smallest absolute Gasteiger partial charge is 0.315 e. The Morgan fingerprint density at radius 3 is 2.96 bits per heavy atom. The van der Waals surface area contributed by atoms with Gasteiger partial charge in [0.1, 0.15) is 23.0 Å². The summed E-state index contributed by atoms with van der Waals surface area (Å²) in [7, 11) is 0. The summed E-state index contributed by atoms with van der Waals surface area (Å²) in [5.74, 6) is 2.56. The maximum absolute atomic E-state index is 12.4. The first-order chi connectivity index (χ1) is 12.5. The number of hydrogen-bond acceptors (Lipinski definition) is 4. The standard InChI is InChI=1S/C19H23N5O2/c1-11-15-6-4-5-7-16(15)26-18(11)12(2)20-19(25)22-14-8-9-17-21-13(3)23-24(17)10-14/h4-7,12,14H,8-10H2,1-3H3,(H2,20,22,25)/t12-,14?/m0/s1. The van der Waals surface area contributed by atoms with E-state index in [9.17, 15) is 4.79 Å². The molecule has 3 aromatic rings. The Bertz CT molecular complexity index is 958. The topological polar surface area (TPSA) is 85.0 Å². The van der Waals surface area contributed by atoms with Gasteiger partial charge in [-0.1, -0.05) is 18.2 Å². The quantitative estimate of drug-likeness (QED) is 0.758. The molecule has 2 amide bonds. The molecule has 0 spiro atoms. The van der Waals surface area contributed by atoms with Crippen LogP contribution >= 0.6 is 0 Å². The van der Waals surface area contributed by atoms with E-state index in [1.54, 1.807) is 0 Å². The van der Waals surface area contributed by atoms with E-state index in [0.29, 0.717) is 6.54 Å². The van der Waals surface area contributed by atoms with Crippen molar-refractivity contribution < 1.29 is 9.21 Å². The molecule has 2 atom stereocenters. The fourth-order valence-electron chi connectivity index (χ4n) is 3.65. The normalized spacial score (nSPS) is 17.7. The Kier molecular flexibility index (Phi) is 4.14. The fraction of sp³-hybridized carbons (Fsp3) is 0.421. The molecule has 1 aliphatic rings. The first-order valence-electron chi connectivity index (χ1n) is 8.96. The number of hydrogen-bond donors (Lipinski definition) is 2. The second-order valence-electron chi connectivity index (χ2n) is 6.92. The molecule has 0 saturated heterocycles. The summed E-state index contributed by atoms with van der Waals surface area (Å²) < 4.78 is 7.82. The van der Waals surface area contributed by atoms with Crippen molar-refractivity contribution in [2.45, 2.75) is 52.2 Å². The van der Waals surface area contributed by atoms with Crippen molar-refractivity contribution in [1.82, 2.24) is 25.4 Å². The van der Waals surface area contributed by atoms with Gasteiger partial charge in [0.15, 0.2) is 0 Å². The van der Waals surface area contributed by atoms with Crippen molar-refractivity contribution in [3.05, 3.63) is 47.2 Å². The Balaban J connectivity index is 1.40. The van der Waals surface area contributed by atoms with Crippen molar-refractivity contribution in [1.29, 1.82) is 0 Å². The van der Waals surface area contributed by atoms with Gasteiger partial charge >= 0.3 is 6.03 Å². The van der Waals surface area contributed by atoms with Gasteiger partial charge in [-0.25, -0.2) is 14.5 Å². The second-order valence-corrected chi connectivity index (χ2v) is 6.92. The number of urea groups is 1. The highest BCUT2D eigenvalue weighted by atomic mass is 16.3. The van der Waals surface area contributed by atoms with Crippen LogP contribution in [0.1, 0.15) is 42.4 Å². The van der Waals surface area contributed by atoms with Crippen LogP contribution < -0.4 is 10.6 Å². The van der Waals surface area contributed by atoms with Gasteiger partial charge in [-0.05, 0) is 33.3 Å². The molecule has 0 fully saturated rings.